The van der Waals surface area contributed by atoms with Crippen LogP contribution in [0.2, 0.25) is 0 Å². The molecule has 0 aliphatic rings. The summed E-state index contributed by atoms with van der Waals surface area (Å²) < 4.78 is 11.5. The molecule has 0 aliphatic carbocycles. The lowest BCUT2D eigenvalue weighted by atomic mass is 10.0. The Morgan fingerprint density at radius 2 is 1.64 bits per heavy atom. The fraction of sp³-hybridized carbons (Fsp3) is 0.296. The molecule has 0 amide bonds. The number of hydrogen-bond acceptors (Lipinski definition) is 5. The van der Waals surface area contributed by atoms with Crippen LogP contribution in [0.4, 0.5) is 0 Å². The van der Waals surface area contributed by atoms with Gasteiger partial charge in [0.15, 0.2) is 0 Å². The van der Waals surface area contributed by atoms with E-state index in [1.165, 1.54) is 0 Å². The van der Waals surface area contributed by atoms with Crippen molar-refractivity contribution in [2.45, 2.75) is 26.5 Å². The van der Waals surface area contributed by atoms with Crippen LogP contribution in [0.25, 0.3) is 11.1 Å². The number of aliphatic hydroxyl groups is 1. The lowest BCUT2D eigenvalue weighted by Gasteiger charge is -2.25. The molecule has 0 spiro atoms. The van der Waals surface area contributed by atoms with Crippen molar-refractivity contribution in [1.29, 1.82) is 0 Å². The molecule has 3 rings (SSSR count). The fourth-order valence-corrected chi connectivity index (χ4v) is 3.33. The SMILES string of the molecule is CC(C)COc1cc(-c2ccc(OCCN[C@@](C)(O)c3ccccc3)cc2)ccc1C(=O)O. The number of nitrogens with one attached hydrogen (secondary N) is 1. The Labute approximate surface area is 194 Å². The van der Waals surface area contributed by atoms with Crippen molar-refractivity contribution in [1.82, 2.24) is 5.32 Å². The molecular formula is C27H31NO5. The molecule has 0 saturated heterocycles. The Morgan fingerprint density at radius 3 is 2.27 bits per heavy atom. The summed E-state index contributed by atoms with van der Waals surface area (Å²) in [6.45, 7) is 7.05. The molecule has 0 unspecified atom stereocenters. The Bertz CT molecular complexity index is 1050. The number of carboxylic acids is 1. The maximum Gasteiger partial charge on any atom is 0.339 e. The second-order valence-electron chi connectivity index (χ2n) is 8.46. The minimum Gasteiger partial charge on any atom is -0.492 e. The van der Waals surface area contributed by atoms with E-state index < -0.39 is 11.7 Å². The number of carboxylic acid groups (broad SMARTS) is 1. The third-order valence-electron chi connectivity index (χ3n) is 5.15. The van der Waals surface area contributed by atoms with Gasteiger partial charge in [0.05, 0.1) is 6.61 Å². The van der Waals surface area contributed by atoms with Crippen molar-refractivity contribution >= 4 is 5.97 Å². The number of carbonyl (C=O) groups is 1. The zero-order valence-corrected chi connectivity index (χ0v) is 19.2. The first-order chi connectivity index (χ1) is 15.8. The third kappa shape index (κ3) is 6.81. The standard InChI is InChI=1S/C27H31NO5/c1-19(2)18-33-25-17-21(11-14-24(25)26(29)30)20-9-12-23(13-10-20)32-16-15-28-27(3,31)22-7-5-4-6-8-22/h4-14,17,19,28,31H,15-16,18H2,1-3H3,(H,29,30)/t27-/m0/s1. The summed E-state index contributed by atoms with van der Waals surface area (Å²) in [5.74, 6) is 0.352. The quantitative estimate of drug-likeness (QED) is 0.284. The normalized spacial score (nSPS) is 12.9. The molecule has 3 N–H and O–H groups in total. The lowest BCUT2D eigenvalue weighted by molar-refractivity contribution is 0.0169. The maximum absolute atomic E-state index is 11.5. The highest BCUT2D eigenvalue weighted by Crippen LogP contribution is 2.29. The van der Waals surface area contributed by atoms with Crippen LogP contribution in [0.5, 0.6) is 11.5 Å². The smallest absolute Gasteiger partial charge is 0.339 e. The molecule has 0 bridgehead atoms. The van der Waals surface area contributed by atoms with Gasteiger partial charge in [-0.25, -0.2) is 4.79 Å². The highest BCUT2D eigenvalue weighted by atomic mass is 16.5. The van der Waals surface area contributed by atoms with Crippen molar-refractivity contribution in [3.8, 4) is 22.6 Å². The molecule has 3 aromatic carbocycles. The number of ether oxygens (including phenoxy) is 2. The zero-order chi connectivity index (χ0) is 23.8. The molecule has 0 saturated carbocycles. The molecule has 0 fully saturated rings. The minimum absolute atomic E-state index is 0.151. The van der Waals surface area contributed by atoms with E-state index in [4.69, 9.17) is 9.47 Å². The van der Waals surface area contributed by atoms with Gasteiger partial charge in [0.2, 0.25) is 0 Å². The van der Waals surface area contributed by atoms with E-state index in [9.17, 15) is 15.0 Å². The van der Waals surface area contributed by atoms with Gasteiger partial charge in [-0.05, 0) is 53.8 Å². The molecule has 0 aromatic heterocycles. The summed E-state index contributed by atoms with van der Waals surface area (Å²) in [5, 5.41) is 23.1. The molecule has 33 heavy (non-hydrogen) atoms. The van der Waals surface area contributed by atoms with Gasteiger partial charge in [-0.15, -0.1) is 0 Å². The molecule has 174 valence electrons. The van der Waals surface area contributed by atoms with Crippen molar-refractivity contribution in [2.75, 3.05) is 19.8 Å². The van der Waals surface area contributed by atoms with Crippen LogP contribution < -0.4 is 14.8 Å². The first-order valence-electron chi connectivity index (χ1n) is 11.0. The van der Waals surface area contributed by atoms with Crippen LogP contribution in [-0.2, 0) is 5.72 Å². The predicted octanol–water partition coefficient (Wildman–Crippen LogP) is 4.92. The van der Waals surface area contributed by atoms with Gasteiger partial charge >= 0.3 is 5.97 Å². The Morgan fingerprint density at radius 1 is 0.970 bits per heavy atom. The Kier molecular flexibility index (Phi) is 8.09. The number of aromatic carboxylic acids is 1. The van der Waals surface area contributed by atoms with Gasteiger partial charge in [-0.3, -0.25) is 5.32 Å². The van der Waals surface area contributed by atoms with Crippen LogP contribution in [0.1, 0.15) is 36.7 Å². The largest absolute Gasteiger partial charge is 0.492 e. The van der Waals surface area contributed by atoms with Crippen LogP contribution >= 0.6 is 0 Å². The van der Waals surface area contributed by atoms with E-state index in [1.807, 2.05) is 68.4 Å². The molecule has 6 nitrogen and oxygen atoms in total. The van der Waals surface area contributed by atoms with Gasteiger partial charge in [-0.1, -0.05) is 62.4 Å². The van der Waals surface area contributed by atoms with Crippen molar-refractivity contribution in [3.05, 3.63) is 83.9 Å². The first kappa shape index (κ1) is 24.3. The Hall–Kier alpha value is -3.35. The van der Waals surface area contributed by atoms with Crippen LogP contribution in [-0.4, -0.2) is 35.9 Å². The van der Waals surface area contributed by atoms with E-state index in [0.717, 1.165) is 16.7 Å². The van der Waals surface area contributed by atoms with Crippen molar-refractivity contribution < 1.29 is 24.5 Å². The zero-order valence-electron chi connectivity index (χ0n) is 19.2. The minimum atomic E-state index is -1.13. The van der Waals surface area contributed by atoms with Crippen LogP contribution in [0.15, 0.2) is 72.8 Å². The lowest BCUT2D eigenvalue weighted by Crippen LogP contribution is -2.41. The second kappa shape index (κ2) is 11.0. The monoisotopic (exact) mass is 449 g/mol. The summed E-state index contributed by atoms with van der Waals surface area (Å²) >= 11 is 0. The maximum atomic E-state index is 11.5. The number of rotatable bonds is 11. The van der Waals surface area contributed by atoms with E-state index in [1.54, 1.807) is 25.1 Å². The molecule has 0 radical (unpaired) electrons. The van der Waals surface area contributed by atoms with Crippen LogP contribution in [0.3, 0.4) is 0 Å². The highest BCUT2D eigenvalue weighted by molar-refractivity contribution is 5.92. The van der Waals surface area contributed by atoms with Gasteiger partial charge in [0.25, 0.3) is 0 Å². The topological polar surface area (TPSA) is 88.0 Å². The highest BCUT2D eigenvalue weighted by Gasteiger charge is 2.21. The third-order valence-corrected chi connectivity index (χ3v) is 5.15. The van der Waals surface area contributed by atoms with Crippen molar-refractivity contribution in [3.63, 3.8) is 0 Å². The van der Waals surface area contributed by atoms with Gasteiger partial charge in [0, 0.05) is 6.54 Å². The van der Waals surface area contributed by atoms with Gasteiger partial charge < -0.3 is 19.7 Å². The molecule has 3 aromatic rings. The summed E-state index contributed by atoms with van der Waals surface area (Å²) in [4.78, 5) is 11.5. The Balaban J connectivity index is 1.59. The van der Waals surface area contributed by atoms with E-state index in [2.05, 4.69) is 5.32 Å². The summed E-state index contributed by atoms with van der Waals surface area (Å²) in [7, 11) is 0. The fourth-order valence-electron chi connectivity index (χ4n) is 3.33. The van der Waals surface area contributed by atoms with Crippen LogP contribution in [0, 0.1) is 5.92 Å². The number of hydrogen-bond donors (Lipinski definition) is 3. The summed E-state index contributed by atoms with van der Waals surface area (Å²) in [6.07, 6.45) is 0. The molecule has 1 atom stereocenters. The average Bonchev–Trinajstić information content (AvgIpc) is 2.81. The average molecular weight is 450 g/mol. The van der Waals surface area contributed by atoms with E-state index in [0.29, 0.717) is 31.3 Å². The molecule has 0 aliphatic heterocycles. The molecular weight excluding hydrogens is 418 g/mol. The van der Waals surface area contributed by atoms with Gasteiger partial charge in [0.1, 0.15) is 29.4 Å². The molecule has 6 heteroatoms. The van der Waals surface area contributed by atoms with E-state index >= 15 is 0 Å². The first-order valence-corrected chi connectivity index (χ1v) is 11.0. The van der Waals surface area contributed by atoms with Gasteiger partial charge in [-0.2, -0.15) is 0 Å². The second-order valence-corrected chi connectivity index (χ2v) is 8.46. The summed E-state index contributed by atoms with van der Waals surface area (Å²) in [6, 6.07) is 22.1. The van der Waals surface area contributed by atoms with Crippen molar-refractivity contribution in [2.24, 2.45) is 5.92 Å². The number of benzene rings is 3. The summed E-state index contributed by atoms with van der Waals surface area (Å²) in [5.41, 5.74) is 1.61. The predicted molar refractivity (Wildman–Crippen MR) is 129 cm³/mol. The molecule has 0 heterocycles. The van der Waals surface area contributed by atoms with E-state index in [-0.39, 0.29) is 11.5 Å².